The Hall–Kier alpha value is -1.81. The van der Waals surface area contributed by atoms with E-state index in [0.717, 1.165) is 0 Å². The first-order chi connectivity index (χ1) is 14.5. The Bertz CT molecular complexity index is 835. The third kappa shape index (κ3) is 7.10. The van der Waals surface area contributed by atoms with Crippen LogP contribution >= 0.6 is 23.2 Å². The predicted octanol–water partition coefficient (Wildman–Crippen LogP) is 2.44. The average Bonchev–Trinajstić information content (AvgIpc) is 3.16. The Morgan fingerprint density at radius 1 is 1.23 bits per heavy atom. The summed E-state index contributed by atoms with van der Waals surface area (Å²) < 4.78 is 0. The molecule has 1 aliphatic rings. The Kier molecular flexibility index (Phi) is 9.18. The number of nitrogens with one attached hydrogen (secondary N) is 2. The Morgan fingerprint density at radius 3 is 2.48 bits per heavy atom. The number of rotatable bonds is 9. The molecule has 3 unspecified atom stereocenters. The number of amides is 2. The normalized spacial score (nSPS) is 17.7. The maximum atomic E-state index is 12.7. The molecule has 2 rings (SSSR count). The highest BCUT2D eigenvalue weighted by molar-refractivity contribution is 6.43. The topological polar surface area (TPSA) is 120 Å². The monoisotopic (exact) mass is 471 g/mol. The fourth-order valence-electron chi connectivity index (χ4n) is 3.28. The van der Waals surface area contributed by atoms with Gasteiger partial charge < -0.3 is 25.5 Å². The van der Waals surface area contributed by atoms with Gasteiger partial charge in [-0.15, -0.1) is 0 Å². The molecule has 11 heteroatoms. The molecule has 1 aliphatic heterocycles. The number of hydrogen-bond acceptors (Lipinski definition) is 6. The Labute approximate surface area is 192 Å². The molecule has 1 aromatic rings. The van der Waals surface area contributed by atoms with Gasteiger partial charge in [0, 0.05) is 11.4 Å². The van der Waals surface area contributed by atoms with E-state index in [1.807, 2.05) is 27.7 Å². The summed E-state index contributed by atoms with van der Waals surface area (Å²) in [4.78, 5) is 30.6. The van der Waals surface area contributed by atoms with Crippen molar-refractivity contribution in [3.63, 3.8) is 0 Å². The minimum Gasteiger partial charge on any atom is -0.426 e. The number of nitrogens with zero attached hydrogens (tertiary/aromatic N) is 1. The summed E-state index contributed by atoms with van der Waals surface area (Å²) in [6.45, 7) is 7.64. The van der Waals surface area contributed by atoms with Crippen molar-refractivity contribution < 1.29 is 24.5 Å². The van der Waals surface area contributed by atoms with E-state index in [-0.39, 0.29) is 28.8 Å². The van der Waals surface area contributed by atoms with Crippen LogP contribution in [-0.2, 0) is 9.63 Å². The van der Waals surface area contributed by atoms with Crippen molar-refractivity contribution in [1.82, 2.24) is 10.6 Å². The summed E-state index contributed by atoms with van der Waals surface area (Å²) in [5.41, 5.74) is 0.744. The zero-order chi connectivity index (χ0) is 23.3. The number of carbonyl (C=O) groups excluding carboxylic acids is 2. The maximum absolute atomic E-state index is 12.7. The van der Waals surface area contributed by atoms with Crippen molar-refractivity contribution in [2.24, 2.45) is 17.0 Å². The van der Waals surface area contributed by atoms with Gasteiger partial charge in [0.15, 0.2) is 0 Å². The summed E-state index contributed by atoms with van der Waals surface area (Å²) in [5, 5.41) is 29.2. The van der Waals surface area contributed by atoms with E-state index >= 15 is 0 Å². The molecular formula is C20H28BCl2N3O5. The van der Waals surface area contributed by atoms with Crippen LogP contribution in [-0.4, -0.2) is 52.8 Å². The fourth-order valence-corrected chi connectivity index (χ4v) is 3.66. The Morgan fingerprint density at radius 2 is 1.90 bits per heavy atom. The molecule has 0 saturated heterocycles. The zero-order valence-corrected chi connectivity index (χ0v) is 19.4. The molecule has 1 heterocycles. The van der Waals surface area contributed by atoms with Gasteiger partial charge in [-0.05, 0) is 36.5 Å². The van der Waals surface area contributed by atoms with Crippen molar-refractivity contribution in [3.05, 3.63) is 33.8 Å². The first-order valence-corrected chi connectivity index (χ1v) is 10.9. The highest BCUT2D eigenvalue weighted by Gasteiger charge is 2.36. The van der Waals surface area contributed by atoms with Crippen LogP contribution in [0, 0.1) is 11.8 Å². The second kappa shape index (κ2) is 11.2. The SMILES string of the molecule is CC(C)CC(NC(=O)C1CC(C(NC(=O)c2cc(Cl)ccc2Cl)C(C)C)=NO1)B(O)O. The second-order valence-electron chi connectivity index (χ2n) is 8.36. The molecule has 1 aromatic carbocycles. The van der Waals surface area contributed by atoms with Gasteiger partial charge in [0.05, 0.1) is 28.3 Å². The van der Waals surface area contributed by atoms with E-state index in [1.165, 1.54) is 6.07 Å². The first-order valence-electron chi connectivity index (χ1n) is 10.1. The molecule has 8 nitrogen and oxygen atoms in total. The van der Waals surface area contributed by atoms with Gasteiger partial charge in [-0.25, -0.2) is 0 Å². The lowest BCUT2D eigenvalue weighted by Gasteiger charge is -2.23. The van der Waals surface area contributed by atoms with Gasteiger partial charge in [0.1, 0.15) is 0 Å². The van der Waals surface area contributed by atoms with Crippen molar-refractivity contribution in [3.8, 4) is 0 Å². The number of carbonyl (C=O) groups is 2. The Balaban J connectivity index is 2.05. The minimum atomic E-state index is -1.68. The standard InChI is InChI=1S/C20H28BCl2N3O5/c1-10(2)7-17(21(29)30)24-20(28)16-9-15(26-31-16)18(11(3)4)25-19(27)13-8-12(22)5-6-14(13)23/h5-6,8,10-11,16-18,29-30H,7,9H2,1-4H3,(H,24,28)(H,25,27). The largest absolute Gasteiger partial charge is 0.475 e. The van der Waals surface area contributed by atoms with Crippen molar-refractivity contribution in [2.45, 2.75) is 58.6 Å². The third-order valence-electron chi connectivity index (χ3n) is 4.88. The second-order valence-corrected chi connectivity index (χ2v) is 9.20. The molecule has 0 bridgehead atoms. The molecule has 0 spiro atoms. The van der Waals surface area contributed by atoms with Crippen LogP contribution in [0.3, 0.4) is 0 Å². The molecule has 0 aromatic heterocycles. The number of hydrogen-bond donors (Lipinski definition) is 4. The zero-order valence-electron chi connectivity index (χ0n) is 17.9. The maximum Gasteiger partial charge on any atom is 0.475 e. The van der Waals surface area contributed by atoms with E-state index in [0.29, 0.717) is 17.2 Å². The summed E-state index contributed by atoms with van der Waals surface area (Å²) in [6.07, 6.45) is -0.361. The van der Waals surface area contributed by atoms with Gasteiger partial charge >= 0.3 is 7.12 Å². The van der Waals surface area contributed by atoms with Crippen molar-refractivity contribution >= 4 is 47.8 Å². The lowest BCUT2D eigenvalue weighted by Crippen LogP contribution is -2.51. The van der Waals surface area contributed by atoms with Gasteiger partial charge in [-0.1, -0.05) is 56.1 Å². The molecule has 0 fully saturated rings. The van der Waals surface area contributed by atoms with Crippen LogP contribution in [0.25, 0.3) is 0 Å². The minimum absolute atomic E-state index is 0.0426. The van der Waals surface area contributed by atoms with E-state index in [1.54, 1.807) is 12.1 Å². The molecule has 2 amide bonds. The highest BCUT2D eigenvalue weighted by atomic mass is 35.5. The summed E-state index contributed by atoms with van der Waals surface area (Å²) in [6, 6.07) is 4.13. The molecule has 0 aliphatic carbocycles. The third-order valence-corrected chi connectivity index (χ3v) is 5.45. The lowest BCUT2D eigenvalue weighted by molar-refractivity contribution is -0.131. The van der Waals surface area contributed by atoms with Crippen LogP contribution in [0.1, 0.15) is 50.9 Å². The summed E-state index contributed by atoms with van der Waals surface area (Å²) in [5.74, 6) is -1.61. The van der Waals surface area contributed by atoms with Crippen molar-refractivity contribution in [2.75, 3.05) is 0 Å². The number of oxime groups is 1. The van der Waals surface area contributed by atoms with Gasteiger partial charge in [0.25, 0.3) is 11.8 Å². The fraction of sp³-hybridized carbons (Fsp3) is 0.550. The smallest absolute Gasteiger partial charge is 0.426 e. The van der Waals surface area contributed by atoms with Gasteiger partial charge in [-0.2, -0.15) is 0 Å². The van der Waals surface area contributed by atoms with E-state index < -0.39 is 37.0 Å². The highest BCUT2D eigenvalue weighted by Crippen LogP contribution is 2.22. The summed E-state index contributed by atoms with van der Waals surface area (Å²) >= 11 is 12.1. The number of halogens is 2. The van der Waals surface area contributed by atoms with E-state index in [9.17, 15) is 19.6 Å². The van der Waals surface area contributed by atoms with Gasteiger partial charge in [-0.3, -0.25) is 9.59 Å². The average molecular weight is 472 g/mol. The molecule has 0 radical (unpaired) electrons. The first kappa shape index (κ1) is 25.5. The lowest BCUT2D eigenvalue weighted by atomic mass is 9.75. The van der Waals surface area contributed by atoms with Crippen LogP contribution in [0.5, 0.6) is 0 Å². The molecule has 0 saturated carbocycles. The quantitative estimate of drug-likeness (QED) is 0.412. The van der Waals surface area contributed by atoms with E-state index in [4.69, 9.17) is 28.0 Å². The molecule has 3 atom stereocenters. The predicted molar refractivity (Wildman–Crippen MR) is 121 cm³/mol. The van der Waals surface area contributed by atoms with Crippen LogP contribution in [0.15, 0.2) is 23.4 Å². The molecule has 4 N–H and O–H groups in total. The van der Waals surface area contributed by atoms with Gasteiger partial charge in [0.2, 0.25) is 6.10 Å². The van der Waals surface area contributed by atoms with Crippen molar-refractivity contribution in [1.29, 1.82) is 0 Å². The molecule has 31 heavy (non-hydrogen) atoms. The molecular weight excluding hydrogens is 444 g/mol. The summed E-state index contributed by atoms with van der Waals surface area (Å²) in [7, 11) is -1.68. The molecule has 170 valence electrons. The van der Waals surface area contributed by atoms with Crippen LogP contribution < -0.4 is 10.6 Å². The van der Waals surface area contributed by atoms with Crippen LogP contribution in [0.2, 0.25) is 10.0 Å². The number of benzene rings is 1. The van der Waals surface area contributed by atoms with Crippen LogP contribution in [0.4, 0.5) is 0 Å². The van der Waals surface area contributed by atoms with E-state index in [2.05, 4.69) is 15.8 Å².